The molecular formula is C16H12N2O2. The van der Waals surface area contributed by atoms with Gasteiger partial charge in [-0.15, -0.1) is 0 Å². The van der Waals surface area contributed by atoms with Gasteiger partial charge in [0.1, 0.15) is 5.75 Å². The van der Waals surface area contributed by atoms with E-state index >= 15 is 0 Å². The molecule has 2 heterocycles. The number of nitrogens with zero attached hydrogens (tertiary/aromatic N) is 2. The maximum Gasteiger partial charge on any atom is 0.186 e. The minimum atomic E-state index is -0.864. The largest absolute Gasteiger partial charge is 0.493 e. The number of benzene rings is 1. The van der Waals surface area contributed by atoms with Crippen LogP contribution >= 0.6 is 0 Å². The summed E-state index contributed by atoms with van der Waals surface area (Å²) in [6.07, 6.45) is 2.39. The zero-order chi connectivity index (χ0) is 13.9. The van der Waals surface area contributed by atoms with E-state index in [0.717, 1.165) is 17.7 Å². The summed E-state index contributed by atoms with van der Waals surface area (Å²) in [6, 6.07) is 12.6. The molecule has 1 unspecified atom stereocenters. The van der Waals surface area contributed by atoms with Crippen molar-refractivity contribution in [3.63, 3.8) is 0 Å². The summed E-state index contributed by atoms with van der Waals surface area (Å²) in [6.45, 7) is 0.648. The van der Waals surface area contributed by atoms with Crippen LogP contribution < -0.4 is 4.74 Å². The first-order chi connectivity index (χ1) is 9.79. The van der Waals surface area contributed by atoms with Crippen LogP contribution in [-0.4, -0.2) is 17.4 Å². The third-order valence-corrected chi connectivity index (χ3v) is 3.35. The molecule has 1 atom stereocenters. The molecule has 4 heteroatoms. The fourth-order valence-corrected chi connectivity index (χ4v) is 2.31. The van der Waals surface area contributed by atoms with Gasteiger partial charge >= 0.3 is 0 Å². The monoisotopic (exact) mass is 264 g/mol. The van der Waals surface area contributed by atoms with Gasteiger partial charge in [0.25, 0.3) is 0 Å². The van der Waals surface area contributed by atoms with Gasteiger partial charge in [-0.05, 0) is 35.9 Å². The highest BCUT2D eigenvalue weighted by Crippen LogP contribution is 2.28. The number of hydrogen-bond acceptors (Lipinski definition) is 4. The van der Waals surface area contributed by atoms with Crippen LogP contribution in [0.25, 0.3) is 0 Å². The van der Waals surface area contributed by atoms with Crippen LogP contribution in [0.2, 0.25) is 0 Å². The van der Waals surface area contributed by atoms with Gasteiger partial charge in [-0.25, -0.2) is 0 Å². The van der Waals surface area contributed by atoms with Crippen LogP contribution in [-0.2, 0) is 6.42 Å². The van der Waals surface area contributed by atoms with E-state index in [0.29, 0.717) is 17.9 Å². The topological polar surface area (TPSA) is 63.0 Å². The van der Waals surface area contributed by atoms with E-state index in [1.807, 2.05) is 12.1 Å². The minimum absolute atomic E-state index is 0.221. The second-order valence-electron chi connectivity index (χ2n) is 4.60. The maximum absolute atomic E-state index is 12.5. The normalized spacial score (nSPS) is 13.9. The number of ether oxygens (including phenoxy) is 1. The van der Waals surface area contributed by atoms with Crippen molar-refractivity contribution in [3.05, 3.63) is 59.4 Å². The smallest absolute Gasteiger partial charge is 0.186 e. The Morgan fingerprint density at radius 2 is 2.25 bits per heavy atom. The third-order valence-electron chi connectivity index (χ3n) is 3.35. The number of ketones is 1. The standard InChI is InChI=1S/C16H12N2O2/c17-10-13(14-3-1-2-7-18-14)16(19)12-4-5-15-11(9-12)6-8-20-15/h1-5,7,9,13H,6,8H2. The number of aromatic nitrogens is 1. The molecule has 0 N–H and O–H groups in total. The van der Waals surface area contributed by atoms with E-state index in [2.05, 4.69) is 4.98 Å². The average molecular weight is 264 g/mol. The van der Waals surface area contributed by atoms with Crippen LogP contribution in [0.4, 0.5) is 0 Å². The Bertz CT molecular complexity index is 689. The van der Waals surface area contributed by atoms with Crippen molar-refractivity contribution in [1.29, 1.82) is 5.26 Å². The predicted octanol–water partition coefficient (Wildman–Crippen LogP) is 2.51. The Labute approximate surface area is 116 Å². The molecule has 3 rings (SSSR count). The van der Waals surface area contributed by atoms with E-state index in [4.69, 9.17) is 4.74 Å². The summed E-state index contributed by atoms with van der Waals surface area (Å²) in [5.41, 5.74) is 2.04. The number of fused-ring (bicyclic) bond motifs is 1. The minimum Gasteiger partial charge on any atom is -0.493 e. The Hall–Kier alpha value is -2.67. The van der Waals surface area contributed by atoms with Gasteiger partial charge in [0.2, 0.25) is 0 Å². The Kier molecular flexibility index (Phi) is 3.18. The Morgan fingerprint density at radius 3 is 3.00 bits per heavy atom. The van der Waals surface area contributed by atoms with E-state index in [1.165, 1.54) is 0 Å². The molecule has 1 aliphatic heterocycles. The van der Waals surface area contributed by atoms with E-state index in [9.17, 15) is 10.1 Å². The maximum atomic E-state index is 12.5. The first kappa shape index (κ1) is 12.4. The van der Waals surface area contributed by atoms with Crippen molar-refractivity contribution >= 4 is 5.78 Å². The summed E-state index contributed by atoms with van der Waals surface area (Å²) >= 11 is 0. The SMILES string of the molecule is N#CC(C(=O)c1ccc2c(c1)CCO2)c1ccccn1. The highest BCUT2D eigenvalue weighted by molar-refractivity contribution is 6.02. The molecule has 98 valence electrons. The van der Waals surface area contributed by atoms with Crippen LogP contribution in [0.1, 0.15) is 27.5 Å². The van der Waals surface area contributed by atoms with Gasteiger partial charge in [-0.1, -0.05) is 6.07 Å². The zero-order valence-electron chi connectivity index (χ0n) is 10.7. The van der Waals surface area contributed by atoms with Crippen LogP contribution in [0.15, 0.2) is 42.6 Å². The first-order valence-electron chi connectivity index (χ1n) is 6.40. The molecule has 20 heavy (non-hydrogen) atoms. The molecular weight excluding hydrogens is 252 g/mol. The lowest BCUT2D eigenvalue weighted by atomic mass is 9.94. The number of hydrogen-bond donors (Lipinski definition) is 0. The van der Waals surface area contributed by atoms with Crippen molar-refractivity contribution in [1.82, 2.24) is 4.98 Å². The van der Waals surface area contributed by atoms with Crippen LogP contribution in [0.5, 0.6) is 5.75 Å². The van der Waals surface area contributed by atoms with Gasteiger partial charge in [0.05, 0.1) is 18.4 Å². The highest BCUT2D eigenvalue weighted by Gasteiger charge is 2.24. The molecule has 1 aromatic carbocycles. The fraction of sp³-hybridized carbons (Fsp3) is 0.188. The van der Waals surface area contributed by atoms with Crippen molar-refractivity contribution in [2.24, 2.45) is 0 Å². The molecule has 2 aromatic rings. The lowest BCUT2D eigenvalue weighted by Crippen LogP contribution is -2.12. The molecule has 0 aliphatic carbocycles. The molecule has 4 nitrogen and oxygen atoms in total. The van der Waals surface area contributed by atoms with Gasteiger partial charge in [0.15, 0.2) is 11.7 Å². The van der Waals surface area contributed by atoms with Gasteiger partial charge in [-0.3, -0.25) is 9.78 Å². The fourth-order valence-electron chi connectivity index (χ4n) is 2.31. The summed E-state index contributed by atoms with van der Waals surface area (Å²) < 4.78 is 5.42. The van der Waals surface area contributed by atoms with Crippen LogP contribution in [0.3, 0.4) is 0 Å². The number of Topliss-reactive ketones (excluding diaryl/α,β-unsaturated/α-hetero) is 1. The lowest BCUT2D eigenvalue weighted by molar-refractivity contribution is 0.0977. The molecule has 0 saturated carbocycles. The summed E-state index contributed by atoms with van der Waals surface area (Å²) in [4.78, 5) is 16.6. The molecule has 0 spiro atoms. The molecule has 0 bridgehead atoms. The number of carbonyl (C=O) groups excluding carboxylic acids is 1. The van der Waals surface area contributed by atoms with Gasteiger partial charge < -0.3 is 4.74 Å². The first-order valence-corrected chi connectivity index (χ1v) is 6.40. The number of rotatable bonds is 3. The van der Waals surface area contributed by atoms with E-state index in [-0.39, 0.29) is 5.78 Å². The van der Waals surface area contributed by atoms with Gasteiger partial charge in [0, 0.05) is 18.2 Å². The summed E-state index contributed by atoms with van der Waals surface area (Å²) in [5, 5.41) is 9.27. The number of nitriles is 1. The molecule has 0 amide bonds. The Balaban J connectivity index is 1.94. The molecule has 1 aliphatic rings. The van der Waals surface area contributed by atoms with Gasteiger partial charge in [-0.2, -0.15) is 5.26 Å². The van der Waals surface area contributed by atoms with Crippen molar-refractivity contribution in [2.75, 3.05) is 6.61 Å². The quantitative estimate of drug-likeness (QED) is 0.799. The molecule has 0 saturated heterocycles. The van der Waals surface area contributed by atoms with Crippen molar-refractivity contribution in [2.45, 2.75) is 12.3 Å². The van der Waals surface area contributed by atoms with E-state index in [1.54, 1.807) is 36.5 Å². The average Bonchev–Trinajstić information content (AvgIpc) is 2.96. The van der Waals surface area contributed by atoms with Crippen molar-refractivity contribution < 1.29 is 9.53 Å². The highest BCUT2D eigenvalue weighted by atomic mass is 16.5. The molecule has 0 fully saturated rings. The number of carbonyl (C=O) groups is 1. The third kappa shape index (κ3) is 2.14. The van der Waals surface area contributed by atoms with Crippen LogP contribution in [0, 0.1) is 11.3 Å². The zero-order valence-corrected chi connectivity index (χ0v) is 10.7. The second-order valence-corrected chi connectivity index (χ2v) is 4.60. The lowest BCUT2D eigenvalue weighted by Gasteiger charge is -2.08. The molecule has 0 radical (unpaired) electrons. The summed E-state index contributed by atoms with van der Waals surface area (Å²) in [7, 11) is 0. The van der Waals surface area contributed by atoms with E-state index < -0.39 is 5.92 Å². The number of pyridine rings is 1. The predicted molar refractivity (Wildman–Crippen MR) is 72.6 cm³/mol. The second kappa shape index (κ2) is 5.14. The van der Waals surface area contributed by atoms with Crippen molar-refractivity contribution in [3.8, 4) is 11.8 Å². The molecule has 1 aromatic heterocycles. The summed E-state index contributed by atoms with van der Waals surface area (Å²) in [5.74, 6) is -0.259. The Morgan fingerprint density at radius 1 is 1.35 bits per heavy atom.